The van der Waals surface area contributed by atoms with Crippen molar-refractivity contribution in [3.05, 3.63) is 12.2 Å². The predicted molar refractivity (Wildman–Crippen MR) is 37.4 cm³/mol. The fourth-order valence-electron chi connectivity index (χ4n) is 0.296. The molecule has 0 aromatic carbocycles. The van der Waals surface area contributed by atoms with Gasteiger partial charge in [0, 0.05) is 0 Å². The molecule has 0 aromatic heterocycles. The highest BCUT2D eigenvalue weighted by molar-refractivity contribution is 7.46. The van der Waals surface area contributed by atoms with E-state index in [0.717, 1.165) is 0 Å². The highest BCUT2D eigenvalue weighted by Crippen LogP contribution is 2.38. The maximum Gasteiger partial charge on any atom is 0.470 e. The quantitative estimate of drug-likeness (QED) is 0.486. The Bertz CT molecular complexity index is 170. The first-order valence-electron chi connectivity index (χ1n) is 2.72. The zero-order valence-electron chi connectivity index (χ0n) is 5.94. The van der Waals surface area contributed by atoms with Crippen molar-refractivity contribution in [3.63, 3.8) is 0 Å². The SMILES string of the molecule is C=C(C)C(C)OP(=O)(O)O. The molecule has 2 N–H and O–H groups in total. The van der Waals surface area contributed by atoms with Crippen LogP contribution in [0.15, 0.2) is 12.2 Å². The highest BCUT2D eigenvalue weighted by Gasteiger charge is 2.18. The summed E-state index contributed by atoms with van der Waals surface area (Å²) in [6.45, 7) is 6.64. The van der Waals surface area contributed by atoms with Crippen molar-refractivity contribution in [2.24, 2.45) is 0 Å². The van der Waals surface area contributed by atoms with Gasteiger partial charge in [0.1, 0.15) is 0 Å². The Labute approximate surface area is 59.8 Å². The summed E-state index contributed by atoms with van der Waals surface area (Å²) in [6, 6.07) is 0. The van der Waals surface area contributed by atoms with Gasteiger partial charge >= 0.3 is 7.82 Å². The molecule has 0 heterocycles. The van der Waals surface area contributed by atoms with Gasteiger partial charge < -0.3 is 9.79 Å². The molecule has 5 heteroatoms. The van der Waals surface area contributed by atoms with Crippen LogP contribution in [-0.2, 0) is 9.09 Å². The third-order valence-corrected chi connectivity index (χ3v) is 1.58. The van der Waals surface area contributed by atoms with E-state index in [1.807, 2.05) is 0 Å². The molecule has 1 unspecified atom stereocenters. The van der Waals surface area contributed by atoms with Gasteiger partial charge in [0.25, 0.3) is 0 Å². The van der Waals surface area contributed by atoms with Crippen molar-refractivity contribution in [2.45, 2.75) is 20.0 Å². The van der Waals surface area contributed by atoms with Crippen LogP contribution in [0.2, 0.25) is 0 Å². The van der Waals surface area contributed by atoms with E-state index in [4.69, 9.17) is 9.79 Å². The number of phosphoric ester groups is 1. The van der Waals surface area contributed by atoms with E-state index in [-0.39, 0.29) is 0 Å². The van der Waals surface area contributed by atoms with E-state index in [2.05, 4.69) is 11.1 Å². The summed E-state index contributed by atoms with van der Waals surface area (Å²) in [5.74, 6) is 0. The standard InChI is InChI=1S/C5H11O4P/c1-4(2)5(3)9-10(6,7)8/h5H,1H2,2-3H3,(H2,6,7,8). The van der Waals surface area contributed by atoms with Crippen LogP contribution in [0.4, 0.5) is 0 Å². The van der Waals surface area contributed by atoms with Crippen molar-refractivity contribution >= 4 is 7.82 Å². The molecule has 0 aliphatic carbocycles. The zero-order chi connectivity index (χ0) is 8.36. The molecule has 10 heavy (non-hydrogen) atoms. The fraction of sp³-hybridized carbons (Fsp3) is 0.600. The van der Waals surface area contributed by atoms with E-state index in [9.17, 15) is 4.57 Å². The minimum atomic E-state index is -4.34. The molecule has 0 radical (unpaired) electrons. The first-order valence-corrected chi connectivity index (χ1v) is 4.25. The predicted octanol–water partition coefficient (Wildman–Crippen LogP) is 1.06. The Kier molecular flexibility index (Phi) is 3.25. The molecule has 60 valence electrons. The minimum absolute atomic E-state index is 0.586. The van der Waals surface area contributed by atoms with E-state index < -0.39 is 13.9 Å². The Morgan fingerprint density at radius 2 is 2.10 bits per heavy atom. The molecule has 0 saturated heterocycles. The van der Waals surface area contributed by atoms with Gasteiger partial charge in [0.2, 0.25) is 0 Å². The lowest BCUT2D eigenvalue weighted by Crippen LogP contribution is -2.06. The summed E-state index contributed by atoms with van der Waals surface area (Å²) in [6.07, 6.45) is -0.596. The van der Waals surface area contributed by atoms with Crippen molar-refractivity contribution < 1.29 is 18.9 Å². The van der Waals surface area contributed by atoms with Crippen LogP contribution in [0.25, 0.3) is 0 Å². The topological polar surface area (TPSA) is 66.8 Å². The van der Waals surface area contributed by atoms with Crippen molar-refractivity contribution in [2.75, 3.05) is 0 Å². The number of hydrogen-bond acceptors (Lipinski definition) is 2. The van der Waals surface area contributed by atoms with Gasteiger partial charge in [-0.05, 0) is 13.8 Å². The van der Waals surface area contributed by atoms with Gasteiger partial charge in [-0.2, -0.15) is 0 Å². The summed E-state index contributed by atoms with van der Waals surface area (Å²) >= 11 is 0. The maximum absolute atomic E-state index is 10.2. The lowest BCUT2D eigenvalue weighted by Gasteiger charge is -2.12. The van der Waals surface area contributed by atoms with Crippen LogP contribution in [0.3, 0.4) is 0 Å². The lowest BCUT2D eigenvalue weighted by molar-refractivity contribution is 0.165. The monoisotopic (exact) mass is 166 g/mol. The van der Waals surface area contributed by atoms with Gasteiger partial charge in [-0.25, -0.2) is 4.57 Å². The maximum atomic E-state index is 10.2. The number of phosphoric acid groups is 1. The largest absolute Gasteiger partial charge is 0.470 e. The van der Waals surface area contributed by atoms with E-state index >= 15 is 0 Å². The van der Waals surface area contributed by atoms with Gasteiger partial charge in [-0.1, -0.05) is 12.2 Å². The normalized spacial score (nSPS) is 14.8. The molecule has 0 aliphatic rings. The summed E-state index contributed by atoms with van der Waals surface area (Å²) in [7, 11) is -4.34. The second-order valence-corrected chi connectivity index (χ2v) is 3.28. The van der Waals surface area contributed by atoms with Gasteiger partial charge in [0.05, 0.1) is 6.10 Å². The Balaban J connectivity index is 3.93. The molecule has 0 fully saturated rings. The summed E-state index contributed by atoms with van der Waals surface area (Å²) in [5.41, 5.74) is 0.586. The summed E-state index contributed by atoms with van der Waals surface area (Å²) < 4.78 is 14.4. The molecular weight excluding hydrogens is 155 g/mol. The third kappa shape index (κ3) is 4.70. The van der Waals surface area contributed by atoms with E-state index in [1.54, 1.807) is 6.92 Å². The first kappa shape index (κ1) is 9.85. The zero-order valence-corrected chi connectivity index (χ0v) is 6.84. The summed E-state index contributed by atoms with van der Waals surface area (Å²) in [5, 5.41) is 0. The third-order valence-electron chi connectivity index (χ3n) is 0.989. The van der Waals surface area contributed by atoms with Crippen molar-refractivity contribution in [3.8, 4) is 0 Å². The van der Waals surface area contributed by atoms with Crippen LogP contribution >= 0.6 is 7.82 Å². The number of hydrogen-bond donors (Lipinski definition) is 2. The van der Waals surface area contributed by atoms with E-state index in [0.29, 0.717) is 5.57 Å². The van der Waals surface area contributed by atoms with Crippen LogP contribution in [0, 0.1) is 0 Å². The molecule has 0 saturated carbocycles. The Morgan fingerprint density at radius 1 is 1.70 bits per heavy atom. The lowest BCUT2D eigenvalue weighted by atomic mass is 10.2. The van der Waals surface area contributed by atoms with Crippen LogP contribution < -0.4 is 0 Å². The highest BCUT2D eigenvalue weighted by atomic mass is 31.2. The van der Waals surface area contributed by atoms with Crippen LogP contribution in [0.5, 0.6) is 0 Å². The first-order chi connectivity index (χ1) is 4.33. The molecule has 0 aliphatic heterocycles. The molecule has 1 atom stereocenters. The molecule has 4 nitrogen and oxygen atoms in total. The molecule has 0 spiro atoms. The smallest absolute Gasteiger partial charge is 0.303 e. The van der Waals surface area contributed by atoms with Gasteiger partial charge in [-0.3, -0.25) is 4.52 Å². The van der Waals surface area contributed by atoms with Gasteiger partial charge in [-0.15, -0.1) is 0 Å². The van der Waals surface area contributed by atoms with Crippen molar-refractivity contribution in [1.82, 2.24) is 0 Å². The molecule has 0 bridgehead atoms. The van der Waals surface area contributed by atoms with Gasteiger partial charge in [0.15, 0.2) is 0 Å². The molecule has 0 rings (SSSR count). The Morgan fingerprint density at radius 3 is 2.20 bits per heavy atom. The second-order valence-electron chi connectivity index (χ2n) is 2.08. The number of rotatable bonds is 3. The van der Waals surface area contributed by atoms with Crippen LogP contribution in [-0.4, -0.2) is 15.9 Å². The average Bonchev–Trinajstić information content (AvgIpc) is 1.60. The average molecular weight is 166 g/mol. The second kappa shape index (κ2) is 3.30. The summed E-state index contributed by atoms with van der Waals surface area (Å²) in [4.78, 5) is 16.6. The fourth-order valence-corrected chi connectivity index (χ4v) is 0.888. The van der Waals surface area contributed by atoms with Crippen molar-refractivity contribution in [1.29, 1.82) is 0 Å². The molecule has 0 amide bonds. The molecule has 0 aromatic rings. The Hall–Kier alpha value is -0.150. The molecular formula is C5H11O4P. The van der Waals surface area contributed by atoms with E-state index in [1.165, 1.54) is 6.92 Å². The minimum Gasteiger partial charge on any atom is -0.303 e. The van der Waals surface area contributed by atoms with Crippen LogP contribution in [0.1, 0.15) is 13.8 Å².